The van der Waals surface area contributed by atoms with Crippen LogP contribution in [0.3, 0.4) is 0 Å². The molecular formula is C27H34O2S. The van der Waals surface area contributed by atoms with Crippen molar-refractivity contribution in [3.8, 4) is 0 Å². The number of Topliss-reactive ketones (excluding diaryl/α,β-unsaturated/α-hetero) is 1. The van der Waals surface area contributed by atoms with Gasteiger partial charge in [-0.1, -0.05) is 49.7 Å². The number of thioether (sulfide) groups is 1. The Kier molecular flexibility index (Phi) is 7.46. The van der Waals surface area contributed by atoms with Crippen LogP contribution in [0.4, 0.5) is 0 Å². The van der Waals surface area contributed by atoms with Gasteiger partial charge >= 0.3 is 0 Å². The van der Waals surface area contributed by atoms with Crippen LogP contribution in [0.1, 0.15) is 66.5 Å². The number of aliphatic hydroxyl groups is 1. The second kappa shape index (κ2) is 9.87. The highest BCUT2D eigenvalue weighted by Crippen LogP contribution is 2.38. The molecule has 2 aromatic carbocycles. The average molecular weight is 423 g/mol. The molecule has 3 rings (SSSR count). The molecule has 0 saturated heterocycles. The van der Waals surface area contributed by atoms with Crippen LogP contribution in [0.2, 0.25) is 0 Å². The molecule has 0 radical (unpaired) electrons. The maximum atomic E-state index is 13.2. The number of carbonyl (C=O) groups is 1. The van der Waals surface area contributed by atoms with Crippen molar-refractivity contribution >= 4 is 23.1 Å². The average Bonchev–Trinajstić information content (AvgIpc) is 2.70. The second-order valence-corrected chi connectivity index (χ2v) is 9.65. The summed E-state index contributed by atoms with van der Waals surface area (Å²) >= 11 is 1.87. The van der Waals surface area contributed by atoms with Gasteiger partial charge in [0, 0.05) is 17.7 Å². The summed E-state index contributed by atoms with van der Waals surface area (Å²) in [5.74, 6) is 1.59. The number of aliphatic hydroxyl groups excluding tert-OH is 1. The second-order valence-electron chi connectivity index (χ2n) is 8.54. The van der Waals surface area contributed by atoms with Gasteiger partial charge in [-0.15, -0.1) is 11.8 Å². The third-order valence-corrected chi connectivity index (χ3v) is 7.54. The predicted octanol–water partition coefficient (Wildman–Crippen LogP) is 7.17. The van der Waals surface area contributed by atoms with E-state index in [1.54, 1.807) is 0 Å². The molecule has 0 aliphatic heterocycles. The van der Waals surface area contributed by atoms with Crippen molar-refractivity contribution in [2.75, 3.05) is 5.75 Å². The Morgan fingerprint density at radius 3 is 2.13 bits per heavy atom. The van der Waals surface area contributed by atoms with Crippen LogP contribution >= 0.6 is 11.8 Å². The summed E-state index contributed by atoms with van der Waals surface area (Å²) < 4.78 is 0. The van der Waals surface area contributed by atoms with Gasteiger partial charge in [-0.2, -0.15) is 0 Å². The first kappa shape index (κ1) is 22.7. The molecular weight excluding hydrogens is 388 g/mol. The first-order valence-corrected chi connectivity index (χ1v) is 12.1. The molecule has 0 heterocycles. The van der Waals surface area contributed by atoms with Gasteiger partial charge in [0.1, 0.15) is 5.76 Å². The van der Waals surface area contributed by atoms with Gasteiger partial charge in [0.2, 0.25) is 0 Å². The van der Waals surface area contributed by atoms with Crippen molar-refractivity contribution in [3.63, 3.8) is 0 Å². The smallest absolute Gasteiger partial charge is 0.167 e. The SMILES string of the molecule is CCc1cc(C)cc(CC)c1C1=C(O)CC(CCSc2c(C)cccc2C)CC1=O. The Morgan fingerprint density at radius 1 is 1.00 bits per heavy atom. The van der Waals surface area contributed by atoms with Crippen LogP contribution in [0.5, 0.6) is 0 Å². The van der Waals surface area contributed by atoms with E-state index in [0.29, 0.717) is 24.2 Å². The third kappa shape index (κ3) is 4.83. The Bertz CT molecular complexity index is 926. The first-order valence-electron chi connectivity index (χ1n) is 11.1. The summed E-state index contributed by atoms with van der Waals surface area (Å²) in [5.41, 5.74) is 7.76. The maximum absolute atomic E-state index is 13.2. The van der Waals surface area contributed by atoms with Crippen LogP contribution < -0.4 is 0 Å². The number of allylic oxidation sites excluding steroid dienone is 2. The van der Waals surface area contributed by atoms with Gasteiger partial charge < -0.3 is 5.11 Å². The van der Waals surface area contributed by atoms with Gasteiger partial charge in [0.25, 0.3) is 0 Å². The minimum atomic E-state index is 0.106. The monoisotopic (exact) mass is 422 g/mol. The molecule has 0 amide bonds. The highest BCUT2D eigenvalue weighted by atomic mass is 32.2. The molecule has 1 atom stereocenters. The molecule has 1 N–H and O–H groups in total. The molecule has 2 nitrogen and oxygen atoms in total. The summed E-state index contributed by atoms with van der Waals surface area (Å²) in [6.45, 7) is 10.6. The van der Waals surface area contributed by atoms with E-state index in [9.17, 15) is 9.90 Å². The molecule has 0 bridgehead atoms. The van der Waals surface area contributed by atoms with Crippen molar-refractivity contribution in [3.05, 3.63) is 69.5 Å². The van der Waals surface area contributed by atoms with Crippen molar-refractivity contribution in [2.45, 2.75) is 71.6 Å². The molecule has 2 aromatic rings. The van der Waals surface area contributed by atoms with Crippen LogP contribution in [-0.2, 0) is 17.6 Å². The Hall–Kier alpha value is -2.00. The highest BCUT2D eigenvalue weighted by molar-refractivity contribution is 7.99. The molecule has 1 aliphatic rings. The normalized spacial score (nSPS) is 17.0. The number of hydrogen-bond donors (Lipinski definition) is 1. The maximum Gasteiger partial charge on any atom is 0.167 e. The summed E-state index contributed by atoms with van der Waals surface area (Å²) in [6.07, 6.45) is 3.81. The van der Waals surface area contributed by atoms with Gasteiger partial charge in [-0.25, -0.2) is 0 Å². The first-order chi connectivity index (χ1) is 14.3. The van der Waals surface area contributed by atoms with E-state index >= 15 is 0 Å². The molecule has 30 heavy (non-hydrogen) atoms. The molecule has 0 saturated carbocycles. The summed E-state index contributed by atoms with van der Waals surface area (Å²) in [6, 6.07) is 10.7. The van der Waals surface area contributed by atoms with E-state index in [4.69, 9.17) is 0 Å². The van der Waals surface area contributed by atoms with E-state index in [1.165, 1.54) is 32.7 Å². The molecule has 160 valence electrons. The fraction of sp³-hybridized carbons (Fsp3) is 0.444. The van der Waals surface area contributed by atoms with Crippen LogP contribution in [0.15, 0.2) is 41.0 Å². The van der Waals surface area contributed by atoms with Crippen molar-refractivity contribution < 1.29 is 9.90 Å². The lowest BCUT2D eigenvalue weighted by Crippen LogP contribution is -2.21. The van der Waals surface area contributed by atoms with Crippen molar-refractivity contribution in [2.24, 2.45) is 5.92 Å². The quantitative estimate of drug-likeness (QED) is 0.481. The Balaban J connectivity index is 1.77. The molecule has 0 spiro atoms. The number of aryl methyl sites for hydroxylation is 5. The lowest BCUT2D eigenvalue weighted by atomic mass is 9.79. The lowest BCUT2D eigenvalue weighted by molar-refractivity contribution is -0.115. The number of rotatable bonds is 7. The van der Waals surface area contributed by atoms with Gasteiger partial charge in [-0.05, 0) is 79.5 Å². The predicted molar refractivity (Wildman–Crippen MR) is 128 cm³/mol. The van der Waals surface area contributed by atoms with Crippen molar-refractivity contribution in [1.82, 2.24) is 0 Å². The zero-order chi connectivity index (χ0) is 21.8. The van der Waals surface area contributed by atoms with E-state index in [2.05, 4.69) is 65.0 Å². The summed E-state index contributed by atoms with van der Waals surface area (Å²) in [7, 11) is 0. The van der Waals surface area contributed by atoms with E-state index < -0.39 is 0 Å². The zero-order valence-electron chi connectivity index (χ0n) is 19.0. The van der Waals surface area contributed by atoms with Gasteiger partial charge in [0.05, 0.1) is 5.57 Å². The van der Waals surface area contributed by atoms with Gasteiger partial charge in [0.15, 0.2) is 5.78 Å². The van der Waals surface area contributed by atoms with Crippen LogP contribution in [0.25, 0.3) is 5.57 Å². The Morgan fingerprint density at radius 2 is 1.60 bits per heavy atom. The molecule has 0 fully saturated rings. The molecule has 1 aliphatic carbocycles. The Labute approximate surface area is 185 Å². The minimum Gasteiger partial charge on any atom is -0.512 e. The molecule has 1 unspecified atom stereocenters. The highest BCUT2D eigenvalue weighted by Gasteiger charge is 2.30. The number of hydrogen-bond acceptors (Lipinski definition) is 3. The summed E-state index contributed by atoms with van der Waals surface area (Å²) in [4.78, 5) is 14.5. The molecule has 0 aromatic heterocycles. The van der Waals surface area contributed by atoms with Crippen LogP contribution in [-0.4, -0.2) is 16.6 Å². The largest absolute Gasteiger partial charge is 0.512 e. The number of benzene rings is 2. The number of ketones is 1. The number of carbonyl (C=O) groups excluding carboxylic acids is 1. The van der Waals surface area contributed by atoms with Crippen LogP contribution in [0, 0.1) is 26.7 Å². The summed E-state index contributed by atoms with van der Waals surface area (Å²) in [5, 5.41) is 10.9. The topological polar surface area (TPSA) is 37.3 Å². The van der Waals surface area contributed by atoms with E-state index in [0.717, 1.165) is 30.6 Å². The zero-order valence-corrected chi connectivity index (χ0v) is 19.8. The standard InChI is InChI=1S/C27H34O2S/c1-6-21-13-17(3)14-22(7-2)25(21)26-23(28)15-20(16-24(26)29)11-12-30-27-18(4)9-8-10-19(27)5/h8-10,13-14,20,28H,6-7,11-12,15-16H2,1-5H3. The molecule has 3 heteroatoms. The van der Waals surface area contributed by atoms with E-state index in [-0.39, 0.29) is 11.7 Å². The van der Waals surface area contributed by atoms with E-state index in [1.807, 2.05) is 11.8 Å². The lowest BCUT2D eigenvalue weighted by Gasteiger charge is -2.26. The minimum absolute atomic E-state index is 0.106. The fourth-order valence-electron chi connectivity index (χ4n) is 4.64. The third-order valence-electron chi connectivity index (χ3n) is 6.16. The fourth-order valence-corrected chi connectivity index (χ4v) is 5.88. The van der Waals surface area contributed by atoms with Gasteiger partial charge in [-0.3, -0.25) is 4.79 Å². The van der Waals surface area contributed by atoms with Crippen molar-refractivity contribution in [1.29, 1.82) is 0 Å².